The van der Waals surface area contributed by atoms with Gasteiger partial charge in [0.2, 0.25) is 5.95 Å². The van der Waals surface area contributed by atoms with Crippen molar-refractivity contribution >= 4 is 17.2 Å². The number of rotatable bonds is 3. The molecule has 1 aliphatic rings. The first-order valence-electron chi connectivity index (χ1n) is 6.68. The molecule has 4 nitrogen and oxygen atoms in total. The Morgan fingerprint density at radius 2 is 2.14 bits per heavy atom. The van der Waals surface area contributed by atoms with Crippen LogP contribution in [0, 0.1) is 5.95 Å². The lowest BCUT2D eigenvalue weighted by Crippen LogP contribution is -1.96. The largest absolute Gasteiger partial charge is 0.452 e. The quantitative estimate of drug-likeness (QED) is 0.681. The van der Waals surface area contributed by atoms with E-state index in [1.54, 1.807) is 0 Å². The summed E-state index contributed by atoms with van der Waals surface area (Å²) >= 11 is 6.19. The van der Waals surface area contributed by atoms with Gasteiger partial charge in [-0.2, -0.15) is 8.91 Å². The third-order valence-electron chi connectivity index (χ3n) is 3.50. The number of hydrogen-bond donors (Lipinski definition) is 0. The summed E-state index contributed by atoms with van der Waals surface area (Å²) in [5.74, 6) is 1.05. The number of benzene rings is 1. The number of halogens is 2. The fourth-order valence-corrected chi connectivity index (χ4v) is 2.52. The normalized spacial score (nSPS) is 14.6. The van der Waals surface area contributed by atoms with Crippen molar-refractivity contribution in [2.24, 2.45) is 0 Å². The van der Waals surface area contributed by atoms with Gasteiger partial charge < -0.3 is 4.74 Å². The fourth-order valence-electron chi connectivity index (χ4n) is 2.31. The average molecular weight is 304 g/mol. The van der Waals surface area contributed by atoms with Crippen molar-refractivity contribution in [2.75, 3.05) is 0 Å². The molecule has 0 spiro atoms. The molecule has 1 saturated carbocycles. The monoisotopic (exact) mass is 303 g/mol. The zero-order chi connectivity index (χ0) is 14.4. The highest BCUT2D eigenvalue weighted by Gasteiger charge is 2.23. The second-order valence-electron chi connectivity index (χ2n) is 5.10. The van der Waals surface area contributed by atoms with Crippen molar-refractivity contribution in [3.05, 3.63) is 53.2 Å². The van der Waals surface area contributed by atoms with E-state index in [-0.39, 0.29) is 5.15 Å². The first-order valence-corrected chi connectivity index (χ1v) is 7.06. The van der Waals surface area contributed by atoms with Gasteiger partial charge >= 0.3 is 0 Å². The summed E-state index contributed by atoms with van der Waals surface area (Å²) in [5.41, 5.74) is 1.61. The minimum Gasteiger partial charge on any atom is -0.452 e. The van der Waals surface area contributed by atoms with Gasteiger partial charge in [0.25, 0.3) is 0 Å². The van der Waals surface area contributed by atoms with E-state index in [0.29, 0.717) is 23.1 Å². The van der Waals surface area contributed by atoms with E-state index in [4.69, 9.17) is 16.3 Å². The Morgan fingerprint density at radius 3 is 2.95 bits per heavy atom. The molecule has 0 unspecified atom stereocenters. The Morgan fingerprint density at radius 1 is 1.29 bits per heavy atom. The van der Waals surface area contributed by atoms with Gasteiger partial charge in [0.05, 0.1) is 6.20 Å². The van der Waals surface area contributed by atoms with Crippen LogP contribution in [0.3, 0.4) is 0 Å². The summed E-state index contributed by atoms with van der Waals surface area (Å²) in [6.07, 6.45) is 3.93. The van der Waals surface area contributed by atoms with Gasteiger partial charge in [-0.1, -0.05) is 23.7 Å². The standard InChI is InChI=1S/C15H11ClFN3O/c16-15-12(8-18-14-7-13(17)19-20(14)15)21-11-3-1-2-10(6-11)9-4-5-9/h1-3,6-9H,4-5H2. The number of hydrogen-bond acceptors (Lipinski definition) is 3. The molecule has 0 atom stereocenters. The van der Waals surface area contributed by atoms with E-state index in [2.05, 4.69) is 16.1 Å². The molecule has 0 N–H and O–H groups in total. The van der Waals surface area contributed by atoms with Crippen LogP contribution >= 0.6 is 11.6 Å². The van der Waals surface area contributed by atoms with Crippen LogP contribution in [0.2, 0.25) is 5.15 Å². The van der Waals surface area contributed by atoms with E-state index in [1.807, 2.05) is 18.2 Å². The molecule has 0 aliphatic heterocycles. The molecule has 6 heteroatoms. The minimum absolute atomic E-state index is 0.195. The predicted octanol–water partition coefficient (Wildman–Crippen LogP) is 4.19. The molecule has 0 bridgehead atoms. The van der Waals surface area contributed by atoms with E-state index in [1.165, 1.54) is 35.2 Å². The maximum absolute atomic E-state index is 13.1. The third kappa shape index (κ3) is 2.34. The van der Waals surface area contributed by atoms with Crippen molar-refractivity contribution in [1.82, 2.24) is 14.6 Å². The molecule has 0 radical (unpaired) electrons. The first kappa shape index (κ1) is 12.6. The number of ether oxygens (including phenoxy) is 1. The van der Waals surface area contributed by atoms with Crippen LogP contribution in [-0.2, 0) is 0 Å². The number of fused-ring (bicyclic) bond motifs is 1. The highest BCUT2D eigenvalue weighted by molar-refractivity contribution is 6.31. The Bertz CT molecular complexity index is 829. The van der Waals surface area contributed by atoms with E-state index in [0.717, 1.165) is 0 Å². The van der Waals surface area contributed by atoms with Crippen LogP contribution < -0.4 is 4.74 Å². The van der Waals surface area contributed by atoms with Crippen molar-refractivity contribution in [3.63, 3.8) is 0 Å². The lowest BCUT2D eigenvalue weighted by molar-refractivity contribution is 0.474. The summed E-state index contributed by atoms with van der Waals surface area (Å²) in [4.78, 5) is 4.08. The van der Waals surface area contributed by atoms with Gasteiger partial charge in [-0.15, -0.1) is 5.10 Å². The molecule has 1 aromatic carbocycles. The molecule has 106 valence electrons. The Labute approximate surface area is 125 Å². The average Bonchev–Trinajstić information content (AvgIpc) is 3.25. The van der Waals surface area contributed by atoms with Gasteiger partial charge in [0.15, 0.2) is 16.5 Å². The highest BCUT2D eigenvalue weighted by Crippen LogP contribution is 2.41. The van der Waals surface area contributed by atoms with Crippen LogP contribution in [0.25, 0.3) is 5.65 Å². The van der Waals surface area contributed by atoms with E-state index < -0.39 is 5.95 Å². The van der Waals surface area contributed by atoms with Crippen LogP contribution in [0.4, 0.5) is 4.39 Å². The minimum atomic E-state index is -0.628. The molecule has 3 aromatic rings. The molecule has 1 fully saturated rings. The summed E-state index contributed by atoms with van der Waals surface area (Å²) < 4.78 is 20.1. The lowest BCUT2D eigenvalue weighted by atomic mass is 10.1. The maximum Gasteiger partial charge on any atom is 0.235 e. The molecule has 21 heavy (non-hydrogen) atoms. The molecule has 2 aromatic heterocycles. The summed E-state index contributed by atoms with van der Waals surface area (Å²) in [7, 11) is 0. The fraction of sp³-hybridized carbons (Fsp3) is 0.200. The third-order valence-corrected chi connectivity index (χ3v) is 3.85. The van der Waals surface area contributed by atoms with Crippen molar-refractivity contribution < 1.29 is 9.13 Å². The molecule has 2 heterocycles. The van der Waals surface area contributed by atoms with Crippen molar-refractivity contribution in [2.45, 2.75) is 18.8 Å². The number of aromatic nitrogens is 3. The summed E-state index contributed by atoms with van der Waals surface area (Å²) in [6.45, 7) is 0. The topological polar surface area (TPSA) is 39.4 Å². The molecule has 0 amide bonds. The molecule has 4 rings (SSSR count). The zero-order valence-corrected chi connectivity index (χ0v) is 11.7. The van der Waals surface area contributed by atoms with Gasteiger partial charge in [0.1, 0.15) is 5.75 Å². The molecule has 0 saturated heterocycles. The van der Waals surface area contributed by atoms with Crippen LogP contribution in [0.15, 0.2) is 36.5 Å². The highest BCUT2D eigenvalue weighted by atomic mass is 35.5. The van der Waals surface area contributed by atoms with Crippen LogP contribution in [0.5, 0.6) is 11.5 Å². The van der Waals surface area contributed by atoms with Crippen LogP contribution in [0.1, 0.15) is 24.3 Å². The first-order chi connectivity index (χ1) is 10.2. The Hall–Kier alpha value is -2.14. The van der Waals surface area contributed by atoms with Crippen molar-refractivity contribution in [1.29, 1.82) is 0 Å². The van der Waals surface area contributed by atoms with E-state index in [9.17, 15) is 4.39 Å². The smallest absolute Gasteiger partial charge is 0.235 e. The Kier molecular flexibility index (Phi) is 2.82. The molecular formula is C15H11ClFN3O. The second kappa shape index (κ2) is 4.70. The van der Waals surface area contributed by atoms with Gasteiger partial charge in [-0.05, 0) is 36.5 Å². The van der Waals surface area contributed by atoms with Crippen LogP contribution in [-0.4, -0.2) is 14.6 Å². The summed E-state index contributed by atoms with van der Waals surface area (Å²) in [5, 5.41) is 3.84. The van der Waals surface area contributed by atoms with Gasteiger partial charge in [-0.3, -0.25) is 0 Å². The maximum atomic E-state index is 13.1. The lowest BCUT2D eigenvalue weighted by Gasteiger charge is -2.09. The van der Waals surface area contributed by atoms with E-state index >= 15 is 0 Å². The molecule has 1 aliphatic carbocycles. The Balaban J connectivity index is 1.70. The SMILES string of the molecule is Fc1cc2ncc(Oc3cccc(C4CC4)c3)c(Cl)n2n1. The van der Waals surface area contributed by atoms with Gasteiger partial charge in [-0.25, -0.2) is 4.98 Å². The van der Waals surface area contributed by atoms with Gasteiger partial charge in [0, 0.05) is 6.07 Å². The van der Waals surface area contributed by atoms with Crippen molar-refractivity contribution in [3.8, 4) is 11.5 Å². The predicted molar refractivity (Wildman–Crippen MR) is 76.4 cm³/mol. The molecular weight excluding hydrogens is 293 g/mol. The number of nitrogens with zero attached hydrogens (tertiary/aromatic N) is 3. The second-order valence-corrected chi connectivity index (χ2v) is 5.46. The summed E-state index contributed by atoms with van der Waals surface area (Å²) in [6, 6.07) is 9.12. The zero-order valence-electron chi connectivity index (χ0n) is 11.0.